The highest BCUT2D eigenvalue weighted by atomic mass is 35.5. The monoisotopic (exact) mass is 306 g/mol. The molecule has 1 saturated heterocycles. The quantitative estimate of drug-likeness (QED) is 0.487. The van der Waals surface area contributed by atoms with Gasteiger partial charge < -0.3 is 4.90 Å². The normalized spacial score (nSPS) is 16.1. The highest BCUT2D eigenvalue weighted by Gasteiger charge is 2.22. The molecule has 0 amide bonds. The highest BCUT2D eigenvalue weighted by molar-refractivity contribution is 6.32. The molecular formula is C16H16ClFN2O. The van der Waals surface area contributed by atoms with E-state index >= 15 is 0 Å². The van der Waals surface area contributed by atoms with Crippen LogP contribution in [0.15, 0.2) is 29.8 Å². The second-order valence-corrected chi connectivity index (χ2v) is 5.21. The first kappa shape index (κ1) is 15.5. The molecule has 0 aliphatic carbocycles. The molecule has 0 spiro atoms. The molecule has 2 rings (SSSR count). The predicted octanol–water partition coefficient (Wildman–Crippen LogP) is 3.35. The van der Waals surface area contributed by atoms with Crippen LogP contribution in [-0.2, 0) is 4.79 Å². The first-order chi connectivity index (χ1) is 10.2. The van der Waals surface area contributed by atoms with E-state index in [2.05, 4.69) is 0 Å². The number of benzene rings is 1. The minimum Gasteiger partial charge on any atom is -0.370 e. The molecule has 0 N–H and O–H groups in total. The van der Waals surface area contributed by atoms with Gasteiger partial charge in [-0.15, -0.1) is 11.6 Å². The summed E-state index contributed by atoms with van der Waals surface area (Å²) in [6, 6.07) is 7.83. The molecule has 0 bridgehead atoms. The Morgan fingerprint density at radius 3 is 2.38 bits per heavy atom. The molecule has 1 heterocycles. The number of likely N-dealkylation sites (tertiary alicyclic amines) is 1. The van der Waals surface area contributed by atoms with Crippen molar-refractivity contribution in [3.8, 4) is 6.07 Å². The summed E-state index contributed by atoms with van der Waals surface area (Å²) in [7, 11) is 0. The minimum absolute atomic E-state index is 0.0542. The predicted molar refractivity (Wildman–Crippen MR) is 80.1 cm³/mol. The van der Waals surface area contributed by atoms with E-state index in [9.17, 15) is 14.4 Å². The molecule has 0 radical (unpaired) electrons. The number of ketones is 1. The van der Waals surface area contributed by atoms with Crippen LogP contribution in [-0.4, -0.2) is 29.7 Å². The van der Waals surface area contributed by atoms with Crippen LogP contribution in [0.25, 0.3) is 5.70 Å². The summed E-state index contributed by atoms with van der Waals surface area (Å²) in [4.78, 5) is 14.0. The number of carbonyl (C=O) groups is 1. The fraction of sp³-hybridized carbons (Fsp3) is 0.375. The number of carbonyl (C=O) groups excluding carboxylic acids is 1. The van der Waals surface area contributed by atoms with E-state index in [4.69, 9.17) is 11.6 Å². The Morgan fingerprint density at radius 1 is 1.24 bits per heavy atom. The molecule has 1 aromatic rings. The van der Waals surface area contributed by atoms with Crippen LogP contribution in [0.5, 0.6) is 0 Å². The van der Waals surface area contributed by atoms with Crippen molar-refractivity contribution in [2.75, 3.05) is 19.0 Å². The second kappa shape index (κ2) is 7.24. The third-order valence-electron chi connectivity index (χ3n) is 3.54. The van der Waals surface area contributed by atoms with E-state index in [1.807, 2.05) is 11.0 Å². The molecule has 110 valence electrons. The summed E-state index contributed by atoms with van der Waals surface area (Å²) in [5.74, 6) is -0.982. The van der Waals surface area contributed by atoms with Gasteiger partial charge in [-0.1, -0.05) is 0 Å². The maximum atomic E-state index is 13.1. The number of allylic oxidation sites excluding steroid dienone is 1. The summed E-state index contributed by atoms with van der Waals surface area (Å²) in [6.45, 7) is 1.57. The van der Waals surface area contributed by atoms with E-state index in [0.717, 1.165) is 32.4 Å². The summed E-state index contributed by atoms with van der Waals surface area (Å²) >= 11 is 5.61. The number of Topliss-reactive ketones (excluding diaryl/α,β-unsaturated/α-hetero) is 1. The van der Waals surface area contributed by atoms with Gasteiger partial charge in [-0.2, -0.15) is 5.26 Å². The lowest BCUT2D eigenvalue weighted by molar-refractivity contribution is -0.113. The number of hydrogen-bond acceptors (Lipinski definition) is 3. The largest absolute Gasteiger partial charge is 0.370 e. The Labute approximate surface area is 128 Å². The van der Waals surface area contributed by atoms with Crippen molar-refractivity contribution in [2.45, 2.75) is 19.3 Å². The van der Waals surface area contributed by atoms with Crippen molar-refractivity contribution >= 4 is 23.1 Å². The smallest absolute Gasteiger partial charge is 0.190 e. The van der Waals surface area contributed by atoms with Gasteiger partial charge in [-0.3, -0.25) is 4.79 Å². The van der Waals surface area contributed by atoms with Gasteiger partial charge in [0.15, 0.2) is 5.78 Å². The molecule has 0 unspecified atom stereocenters. The zero-order chi connectivity index (χ0) is 15.2. The van der Waals surface area contributed by atoms with Gasteiger partial charge in [-0.05, 0) is 49.1 Å². The molecule has 0 saturated carbocycles. The van der Waals surface area contributed by atoms with E-state index in [1.54, 1.807) is 12.1 Å². The molecule has 1 aliphatic rings. The van der Waals surface area contributed by atoms with Crippen molar-refractivity contribution in [2.24, 2.45) is 0 Å². The number of hydrogen-bond donors (Lipinski definition) is 0. The van der Waals surface area contributed by atoms with E-state index in [1.165, 1.54) is 12.1 Å². The minimum atomic E-state index is -0.399. The van der Waals surface area contributed by atoms with Crippen molar-refractivity contribution < 1.29 is 9.18 Å². The van der Waals surface area contributed by atoms with Crippen LogP contribution in [0.2, 0.25) is 0 Å². The van der Waals surface area contributed by atoms with Crippen LogP contribution < -0.4 is 0 Å². The zero-order valence-corrected chi connectivity index (χ0v) is 12.4. The molecule has 1 aromatic carbocycles. The van der Waals surface area contributed by atoms with Gasteiger partial charge >= 0.3 is 0 Å². The molecule has 0 aromatic heterocycles. The lowest BCUT2D eigenvalue weighted by atomic mass is 10.0. The summed E-state index contributed by atoms with van der Waals surface area (Å²) in [5.41, 5.74) is 1.30. The lowest BCUT2D eigenvalue weighted by Crippen LogP contribution is -2.30. The Kier molecular flexibility index (Phi) is 5.35. The van der Waals surface area contributed by atoms with Gasteiger partial charge in [0.1, 0.15) is 17.5 Å². The molecular weight excluding hydrogens is 291 g/mol. The Balaban J connectivity index is 2.52. The average molecular weight is 307 g/mol. The van der Waals surface area contributed by atoms with Gasteiger partial charge in [-0.25, -0.2) is 4.39 Å². The number of alkyl halides is 1. The molecule has 21 heavy (non-hydrogen) atoms. The number of halogens is 2. The average Bonchev–Trinajstić information content (AvgIpc) is 2.54. The van der Waals surface area contributed by atoms with Gasteiger partial charge in [0.2, 0.25) is 0 Å². The summed E-state index contributed by atoms with van der Waals surface area (Å²) < 4.78 is 13.1. The SMILES string of the molecule is N#C/C(C(=O)CCl)=C(/c1ccc(F)cc1)N1CCCCC1. The van der Waals surface area contributed by atoms with Gasteiger partial charge in [0, 0.05) is 13.1 Å². The Morgan fingerprint density at radius 2 is 1.86 bits per heavy atom. The van der Waals surface area contributed by atoms with Crippen molar-refractivity contribution in [3.05, 3.63) is 41.2 Å². The first-order valence-corrected chi connectivity index (χ1v) is 7.45. The standard InChI is InChI=1S/C16H16ClFN2O/c17-10-15(21)14(11-19)16(20-8-2-1-3-9-20)12-4-6-13(18)7-5-12/h4-7H,1-3,8-10H2/b16-14+. The first-order valence-electron chi connectivity index (χ1n) is 6.91. The molecule has 1 fully saturated rings. The Bertz CT molecular complexity index is 583. The maximum Gasteiger partial charge on any atom is 0.190 e. The van der Waals surface area contributed by atoms with Gasteiger partial charge in [0.25, 0.3) is 0 Å². The van der Waals surface area contributed by atoms with Crippen molar-refractivity contribution in [1.82, 2.24) is 4.90 Å². The highest BCUT2D eigenvalue weighted by Crippen LogP contribution is 2.27. The lowest BCUT2D eigenvalue weighted by Gasteiger charge is -2.32. The molecule has 1 aliphatic heterocycles. The van der Waals surface area contributed by atoms with Crippen LogP contribution in [0.3, 0.4) is 0 Å². The van der Waals surface area contributed by atoms with Crippen LogP contribution in [0.1, 0.15) is 24.8 Å². The molecule has 3 nitrogen and oxygen atoms in total. The fourth-order valence-electron chi connectivity index (χ4n) is 2.52. The summed E-state index contributed by atoms with van der Waals surface area (Å²) in [6.07, 6.45) is 3.16. The third kappa shape index (κ3) is 3.62. The fourth-order valence-corrected chi connectivity index (χ4v) is 2.66. The van der Waals surface area contributed by atoms with Crippen LogP contribution in [0, 0.1) is 17.1 Å². The van der Waals surface area contributed by atoms with Crippen LogP contribution in [0.4, 0.5) is 4.39 Å². The number of nitriles is 1. The topological polar surface area (TPSA) is 44.1 Å². The zero-order valence-electron chi connectivity index (χ0n) is 11.6. The summed E-state index contributed by atoms with van der Waals surface area (Å²) in [5, 5.41) is 9.36. The molecule has 0 atom stereocenters. The Hall–Kier alpha value is -1.86. The molecule has 5 heteroatoms. The van der Waals surface area contributed by atoms with E-state index in [-0.39, 0.29) is 17.3 Å². The van der Waals surface area contributed by atoms with Crippen LogP contribution >= 0.6 is 11.6 Å². The number of nitrogens with zero attached hydrogens (tertiary/aromatic N) is 2. The number of rotatable bonds is 4. The van der Waals surface area contributed by atoms with Gasteiger partial charge in [0.05, 0.1) is 11.6 Å². The number of piperidine rings is 1. The van der Waals surface area contributed by atoms with E-state index < -0.39 is 5.78 Å². The van der Waals surface area contributed by atoms with E-state index in [0.29, 0.717) is 11.3 Å². The maximum absolute atomic E-state index is 13.1. The second-order valence-electron chi connectivity index (χ2n) is 4.95. The van der Waals surface area contributed by atoms with Crippen molar-refractivity contribution in [1.29, 1.82) is 5.26 Å². The third-order valence-corrected chi connectivity index (χ3v) is 3.78. The van der Waals surface area contributed by atoms with Crippen molar-refractivity contribution in [3.63, 3.8) is 0 Å².